The summed E-state index contributed by atoms with van der Waals surface area (Å²) in [5.74, 6) is 1.94. The Kier molecular flexibility index (Phi) is 6.72. The summed E-state index contributed by atoms with van der Waals surface area (Å²) in [4.78, 5) is 11.3. The third kappa shape index (κ3) is 5.45. The van der Waals surface area contributed by atoms with Crippen molar-refractivity contribution in [1.29, 1.82) is 0 Å². The highest BCUT2D eigenvalue weighted by molar-refractivity contribution is 9.10. The number of anilines is 1. The first-order valence-corrected chi connectivity index (χ1v) is 10.2. The molecule has 1 aliphatic rings. The van der Waals surface area contributed by atoms with Gasteiger partial charge in [-0.15, -0.1) is 0 Å². The van der Waals surface area contributed by atoms with Gasteiger partial charge in [-0.05, 0) is 61.6 Å². The summed E-state index contributed by atoms with van der Waals surface area (Å²) in [6.07, 6.45) is 4.09. The number of nitrogens with one attached hydrogen (secondary N) is 2. The minimum absolute atomic E-state index is 0.434. The molecule has 144 valence electrons. The van der Waals surface area contributed by atoms with Gasteiger partial charge in [-0.2, -0.15) is 0 Å². The molecule has 0 spiro atoms. The van der Waals surface area contributed by atoms with Crippen LogP contribution in [0.1, 0.15) is 29.5 Å². The van der Waals surface area contributed by atoms with E-state index in [4.69, 9.17) is 0 Å². The van der Waals surface area contributed by atoms with E-state index in [-0.39, 0.29) is 0 Å². The number of hydrogen-bond acceptors (Lipinski definition) is 3. The van der Waals surface area contributed by atoms with Crippen LogP contribution in [0.3, 0.4) is 0 Å². The lowest BCUT2D eigenvalue weighted by molar-refractivity contribution is 0.459. The third-order valence-electron chi connectivity index (χ3n) is 5.03. The summed E-state index contributed by atoms with van der Waals surface area (Å²) in [5.41, 5.74) is 3.75. The van der Waals surface area contributed by atoms with Crippen LogP contribution in [0.4, 0.5) is 5.82 Å². The predicted molar refractivity (Wildman–Crippen MR) is 116 cm³/mol. The number of rotatable bonds is 4. The van der Waals surface area contributed by atoms with Gasteiger partial charge >= 0.3 is 0 Å². The maximum absolute atomic E-state index is 4.55. The van der Waals surface area contributed by atoms with Crippen molar-refractivity contribution in [1.82, 2.24) is 15.6 Å². The van der Waals surface area contributed by atoms with Crippen molar-refractivity contribution in [2.45, 2.75) is 39.3 Å². The molecule has 0 bridgehead atoms. The minimum Gasteiger partial charge on any atom is -0.356 e. The molecule has 0 amide bonds. The molecule has 1 fully saturated rings. The first-order chi connectivity index (χ1) is 13.0. The van der Waals surface area contributed by atoms with Crippen LogP contribution in [0.2, 0.25) is 0 Å². The quantitative estimate of drug-likeness (QED) is 0.573. The highest BCUT2D eigenvalue weighted by Gasteiger charge is 2.20. The number of piperidine rings is 1. The molecule has 2 aromatic rings. The molecule has 1 saturated heterocycles. The second kappa shape index (κ2) is 9.22. The molecule has 3 rings (SSSR count). The molecule has 1 aromatic carbocycles. The topological polar surface area (TPSA) is 52.6 Å². The molecule has 27 heavy (non-hydrogen) atoms. The van der Waals surface area contributed by atoms with Crippen molar-refractivity contribution in [2.24, 2.45) is 4.99 Å². The van der Waals surface area contributed by atoms with Crippen LogP contribution in [0.5, 0.6) is 0 Å². The molecule has 5 nitrogen and oxygen atoms in total. The maximum Gasteiger partial charge on any atom is 0.191 e. The molecular weight excluding hydrogens is 402 g/mol. The molecule has 0 unspecified atom stereocenters. The van der Waals surface area contributed by atoms with Crippen molar-refractivity contribution >= 4 is 27.7 Å². The van der Waals surface area contributed by atoms with Crippen LogP contribution in [0.15, 0.2) is 46.0 Å². The number of aromatic nitrogens is 1. The average Bonchev–Trinajstić information content (AvgIpc) is 2.67. The molecule has 0 atom stereocenters. The summed E-state index contributed by atoms with van der Waals surface area (Å²) in [6.45, 7) is 6.99. The van der Waals surface area contributed by atoms with E-state index < -0.39 is 0 Å². The van der Waals surface area contributed by atoms with E-state index in [0.29, 0.717) is 6.04 Å². The van der Waals surface area contributed by atoms with Crippen molar-refractivity contribution in [3.05, 3.63) is 57.7 Å². The SMILES string of the molecule is CN=C(NCc1ccc(Br)cc1C)NC1CCN(c2ccc(C)cn2)CC1. The smallest absolute Gasteiger partial charge is 0.191 e. The number of guanidine groups is 1. The molecule has 0 saturated carbocycles. The molecule has 0 aliphatic carbocycles. The third-order valence-corrected chi connectivity index (χ3v) is 5.52. The van der Waals surface area contributed by atoms with E-state index >= 15 is 0 Å². The van der Waals surface area contributed by atoms with Gasteiger partial charge in [0.25, 0.3) is 0 Å². The van der Waals surface area contributed by atoms with Crippen LogP contribution in [0.25, 0.3) is 0 Å². The Morgan fingerprint density at radius 3 is 2.63 bits per heavy atom. The van der Waals surface area contributed by atoms with Crippen LogP contribution in [-0.4, -0.2) is 37.1 Å². The summed E-state index contributed by atoms with van der Waals surface area (Å²) in [7, 11) is 1.83. The van der Waals surface area contributed by atoms with E-state index in [0.717, 1.165) is 48.7 Å². The van der Waals surface area contributed by atoms with Gasteiger partial charge in [0.1, 0.15) is 5.82 Å². The Morgan fingerprint density at radius 2 is 2.00 bits per heavy atom. The molecule has 2 N–H and O–H groups in total. The zero-order chi connectivity index (χ0) is 19.2. The Hall–Kier alpha value is -2.08. The Balaban J connectivity index is 1.48. The number of nitrogens with zero attached hydrogens (tertiary/aromatic N) is 3. The predicted octanol–water partition coefficient (Wildman–Crippen LogP) is 3.79. The molecule has 0 radical (unpaired) electrons. The van der Waals surface area contributed by atoms with Crippen molar-refractivity contribution in [2.75, 3.05) is 25.0 Å². The van der Waals surface area contributed by atoms with Gasteiger partial charge < -0.3 is 15.5 Å². The number of hydrogen-bond donors (Lipinski definition) is 2. The van der Waals surface area contributed by atoms with Crippen molar-refractivity contribution < 1.29 is 0 Å². The van der Waals surface area contributed by atoms with E-state index in [2.05, 4.69) is 85.6 Å². The Labute approximate surface area is 170 Å². The van der Waals surface area contributed by atoms with E-state index in [1.54, 1.807) is 0 Å². The molecule has 2 heterocycles. The van der Waals surface area contributed by atoms with Crippen LogP contribution < -0.4 is 15.5 Å². The van der Waals surface area contributed by atoms with Crippen LogP contribution in [-0.2, 0) is 6.54 Å². The Bertz CT molecular complexity index is 780. The fourth-order valence-corrected chi connectivity index (χ4v) is 3.80. The zero-order valence-electron chi connectivity index (χ0n) is 16.3. The monoisotopic (exact) mass is 429 g/mol. The van der Waals surface area contributed by atoms with Crippen molar-refractivity contribution in [3.63, 3.8) is 0 Å². The molecular formula is C21H28BrN5. The fraction of sp³-hybridized carbons (Fsp3) is 0.429. The van der Waals surface area contributed by atoms with Gasteiger partial charge in [0.05, 0.1) is 0 Å². The Morgan fingerprint density at radius 1 is 1.22 bits per heavy atom. The standard InChI is InChI=1S/C21H28BrN5/c1-15-4-7-20(24-13-15)27-10-8-19(9-11-27)26-21(23-3)25-14-17-5-6-18(22)12-16(17)2/h4-7,12-13,19H,8-11,14H2,1-3H3,(H2,23,25,26). The second-order valence-electron chi connectivity index (χ2n) is 7.10. The lowest BCUT2D eigenvalue weighted by Crippen LogP contribution is -2.48. The minimum atomic E-state index is 0.434. The first-order valence-electron chi connectivity index (χ1n) is 9.45. The van der Waals surface area contributed by atoms with E-state index in [1.165, 1.54) is 16.7 Å². The summed E-state index contributed by atoms with van der Waals surface area (Å²) in [5, 5.41) is 7.01. The van der Waals surface area contributed by atoms with Crippen LogP contribution >= 0.6 is 15.9 Å². The number of halogens is 1. The van der Waals surface area contributed by atoms with Gasteiger partial charge in [-0.3, -0.25) is 4.99 Å². The van der Waals surface area contributed by atoms with E-state index in [9.17, 15) is 0 Å². The average molecular weight is 430 g/mol. The van der Waals surface area contributed by atoms with Gasteiger partial charge in [-0.1, -0.05) is 28.1 Å². The summed E-state index contributed by atoms with van der Waals surface area (Å²) < 4.78 is 1.11. The van der Waals surface area contributed by atoms with Crippen LogP contribution in [0, 0.1) is 13.8 Å². The normalized spacial score (nSPS) is 15.7. The number of benzene rings is 1. The van der Waals surface area contributed by atoms with Gasteiger partial charge in [0.2, 0.25) is 0 Å². The molecule has 1 aliphatic heterocycles. The molecule has 6 heteroatoms. The van der Waals surface area contributed by atoms with Gasteiger partial charge in [0, 0.05) is 43.4 Å². The maximum atomic E-state index is 4.55. The number of pyridine rings is 1. The first kappa shape index (κ1) is 19.7. The second-order valence-corrected chi connectivity index (χ2v) is 8.01. The highest BCUT2D eigenvalue weighted by atomic mass is 79.9. The summed E-state index contributed by atoms with van der Waals surface area (Å²) >= 11 is 3.52. The van der Waals surface area contributed by atoms with Gasteiger partial charge in [0.15, 0.2) is 5.96 Å². The number of aryl methyl sites for hydroxylation is 2. The lowest BCUT2D eigenvalue weighted by atomic mass is 10.1. The van der Waals surface area contributed by atoms with E-state index in [1.807, 2.05) is 13.2 Å². The highest BCUT2D eigenvalue weighted by Crippen LogP contribution is 2.18. The lowest BCUT2D eigenvalue weighted by Gasteiger charge is -2.33. The fourth-order valence-electron chi connectivity index (χ4n) is 3.32. The largest absolute Gasteiger partial charge is 0.356 e. The number of aliphatic imine (C=N–C) groups is 1. The summed E-state index contributed by atoms with van der Waals surface area (Å²) in [6, 6.07) is 11.0. The zero-order valence-corrected chi connectivity index (χ0v) is 17.9. The molecule has 1 aromatic heterocycles. The van der Waals surface area contributed by atoms with Crippen molar-refractivity contribution in [3.8, 4) is 0 Å². The van der Waals surface area contributed by atoms with Gasteiger partial charge in [-0.25, -0.2) is 4.98 Å².